The third-order valence-electron chi connectivity index (χ3n) is 5.75. The van der Waals surface area contributed by atoms with Crippen LogP contribution in [0.1, 0.15) is 10.4 Å². The molecule has 0 N–H and O–H groups in total. The summed E-state index contributed by atoms with van der Waals surface area (Å²) in [6, 6.07) is 28.7. The molecule has 0 saturated carbocycles. The Balaban J connectivity index is 1.29. The monoisotopic (exact) mass is 550 g/mol. The molecular formula is C33H26O8. The maximum Gasteiger partial charge on any atom is 0.343 e. The Kier molecular flexibility index (Phi) is 9.66. The second-order valence-electron chi connectivity index (χ2n) is 8.40. The number of hydrogen-bond acceptors (Lipinski definition) is 8. The number of esters is 3. The Bertz CT molecular complexity index is 1500. The Morgan fingerprint density at radius 1 is 0.512 bits per heavy atom. The number of ether oxygens (including phenoxy) is 5. The van der Waals surface area contributed by atoms with E-state index in [2.05, 4.69) is 13.2 Å². The lowest BCUT2D eigenvalue weighted by atomic mass is 10.0. The molecular weight excluding hydrogens is 524 g/mol. The van der Waals surface area contributed by atoms with Crippen molar-refractivity contribution in [3.05, 3.63) is 128 Å². The lowest BCUT2D eigenvalue weighted by Gasteiger charge is -2.09. The van der Waals surface area contributed by atoms with Crippen molar-refractivity contribution in [3.8, 4) is 39.5 Å². The molecule has 0 aromatic heterocycles. The average molecular weight is 551 g/mol. The Morgan fingerprint density at radius 2 is 0.854 bits per heavy atom. The predicted octanol–water partition coefficient (Wildman–Crippen LogP) is 6.37. The van der Waals surface area contributed by atoms with Crippen molar-refractivity contribution in [2.75, 3.05) is 13.6 Å². The van der Waals surface area contributed by atoms with Crippen LogP contribution in [0.5, 0.6) is 17.2 Å². The first-order valence-corrected chi connectivity index (χ1v) is 12.4. The fourth-order valence-corrected chi connectivity index (χ4v) is 3.60. The minimum atomic E-state index is -0.557. The first-order chi connectivity index (χ1) is 19.9. The summed E-state index contributed by atoms with van der Waals surface area (Å²) in [5.74, 6) is -0.0654. The molecule has 0 bridgehead atoms. The van der Waals surface area contributed by atoms with Gasteiger partial charge >= 0.3 is 17.9 Å². The van der Waals surface area contributed by atoms with Gasteiger partial charge in [0.1, 0.15) is 17.2 Å². The van der Waals surface area contributed by atoms with Crippen LogP contribution >= 0.6 is 0 Å². The Labute approximate surface area is 237 Å². The standard InChI is InChI=1S/C33H26O8/c1-3-31(34)39-21-37-28-15-9-24(10-16-28)23-5-7-27(8-6-23)33(36)41-30-19-13-26(14-20-30)25-11-17-29(18-12-25)38-22-40-32(35)4-2/h3-20H,1-2,21-22H2. The summed E-state index contributed by atoms with van der Waals surface area (Å²) >= 11 is 0. The number of hydrogen-bond donors (Lipinski definition) is 0. The highest BCUT2D eigenvalue weighted by Crippen LogP contribution is 2.26. The molecule has 4 rings (SSSR count). The van der Waals surface area contributed by atoms with E-state index in [1.807, 2.05) is 48.5 Å². The largest absolute Gasteiger partial charge is 0.457 e. The summed E-state index contributed by atoms with van der Waals surface area (Å²) in [6.45, 7) is 6.24. The van der Waals surface area contributed by atoms with Gasteiger partial charge in [0, 0.05) is 12.2 Å². The zero-order valence-electron chi connectivity index (χ0n) is 22.0. The second kappa shape index (κ2) is 14.0. The van der Waals surface area contributed by atoms with Gasteiger partial charge in [0.2, 0.25) is 13.6 Å². The minimum absolute atomic E-state index is 0.201. The van der Waals surface area contributed by atoms with E-state index in [0.717, 1.165) is 34.4 Å². The molecule has 41 heavy (non-hydrogen) atoms. The van der Waals surface area contributed by atoms with Gasteiger partial charge in [-0.05, 0) is 70.8 Å². The molecule has 206 valence electrons. The maximum atomic E-state index is 12.7. The highest BCUT2D eigenvalue weighted by atomic mass is 16.7. The van der Waals surface area contributed by atoms with Crippen LogP contribution in [0.25, 0.3) is 22.3 Å². The molecule has 8 nitrogen and oxygen atoms in total. The molecule has 8 heteroatoms. The summed E-state index contributed by atoms with van der Waals surface area (Å²) in [6.07, 6.45) is 2.13. The second-order valence-corrected chi connectivity index (χ2v) is 8.40. The number of carbonyl (C=O) groups excluding carboxylic acids is 3. The van der Waals surface area contributed by atoms with E-state index < -0.39 is 17.9 Å². The molecule has 0 fully saturated rings. The van der Waals surface area contributed by atoms with Gasteiger partial charge in [-0.25, -0.2) is 14.4 Å². The number of benzene rings is 4. The summed E-state index contributed by atoms with van der Waals surface area (Å²) in [4.78, 5) is 34.8. The van der Waals surface area contributed by atoms with Gasteiger partial charge in [-0.2, -0.15) is 0 Å². The van der Waals surface area contributed by atoms with Crippen LogP contribution < -0.4 is 14.2 Å². The van der Waals surface area contributed by atoms with Gasteiger partial charge in [-0.3, -0.25) is 0 Å². The molecule has 0 atom stereocenters. The molecule has 0 spiro atoms. The van der Waals surface area contributed by atoms with E-state index in [-0.39, 0.29) is 13.6 Å². The van der Waals surface area contributed by atoms with Gasteiger partial charge in [0.15, 0.2) is 0 Å². The molecule has 0 aliphatic heterocycles. The van der Waals surface area contributed by atoms with Crippen molar-refractivity contribution in [2.24, 2.45) is 0 Å². The zero-order valence-corrected chi connectivity index (χ0v) is 22.0. The van der Waals surface area contributed by atoms with Gasteiger partial charge in [-0.15, -0.1) is 0 Å². The summed E-state index contributed by atoms with van der Waals surface area (Å²) in [5.41, 5.74) is 4.10. The Morgan fingerprint density at radius 3 is 1.22 bits per heavy atom. The van der Waals surface area contributed by atoms with E-state index in [1.54, 1.807) is 48.5 Å². The molecule has 0 unspecified atom stereocenters. The SMILES string of the molecule is C=CC(=O)OCOc1ccc(-c2ccc(OC(=O)c3ccc(-c4ccc(OCOC(=O)C=C)cc4)cc3)cc2)cc1. The molecule has 0 heterocycles. The minimum Gasteiger partial charge on any atom is -0.457 e. The number of rotatable bonds is 12. The van der Waals surface area contributed by atoms with E-state index in [0.29, 0.717) is 22.8 Å². The third kappa shape index (κ3) is 8.18. The third-order valence-corrected chi connectivity index (χ3v) is 5.75. The smallest absolute Gasteiger partial charge is 0.343 e. The van der Waals surface area contributed by atoms with Crippen molar-refractivity contribution in [1.29, 1.82) is 0 Å². The first-order valence-electron chi connectivity index (χ1n) is 12.4. The van der Waals surface area contributed by atoms with Crippen molar-refractivity contribution in [2.45, 2.75) is 0 Å². The van der Waals surface area contributed by atoms with E-state index in [1.165, 1.54) is 0 Å². The molecule has 0 aliphatic rings. The van der Waals surface area contributed by atoms with Crippen LogP contribution in [0.3, 0.4) is 0 Å². The zero-order chi connectivity index (χ0) is 29.0. The molecule has 4 aromatic rings. The van der Waals surface area contributed by atoms with E-state index in [4.69, 9.17) is 23.7 Å². The van der Waals surface area contributed by atoms with Gasteiger partial charge in [0.25, 0.3) is 0 Å². The maximum absolute atomic E-state index is 12.7. The van der Waals surface area contributed by atoms with Gasteiger partial charge in [0.05, 0.1) is 5.56 Å². The van der Waals surface area contributed by atoms with Crippen molar-refractivity contribution >= 4 is 17.9 Å². The Hall–Kier alpha value is -5.63. The van der Waals surface area contributed by atoms with Gasteiger partial charge in [-0.1, -0.05) is 61.7 Å². The topological polar surface area (TPSA) is 97.4 Å². The van der Waals surface area contributed by atoms with Crippen LogP contribution in [0.4, 0.5) is 0 Å². The fourth-order valence-electron chi connectivity index (χ4n) is 3.60. The summed E-state index contributed by atoms with van der Waals surface area (Å²) < 4.78 is 25.9. The van der Waals surface area contributed by atoms with Crippen LogP contribution in [0.2, 0.25) is 0 Å². The molecule has 0 amide bonds. The van der Waals surface area contributed by atoms with Crippen LogP contribution in [0.15, 0.2) is 122 Å². The summed E-state index contributed by atoms with van der Waals surface area (Å²) in [7, 11) is 0. The normalized spacial score (nSPS) is 10.1. The van der Waals surface area contributed by atoms with Gasteiger partial charge < -0.3 is 23.7 Å². The van der Waals surface area contributed by atoms with E-state index in [9.17, 15) is 14.4 Å². The van der Waals surface area contributed by atoms with Crippen LogP contribution in [-0.2, 0) is 19.1 Å². The van der Waals surface area contributed by atoms with Crippen molar-refractivity contribution < 1.29 is 38.1 Å². The van der Waals surface area contributed by atoms with E-state index >= 15 is 0 Å². The summed E-state index contributed by atoms with van der Waals surface area (Å²) in [5, 5.41) is 0. The van der Waals surface area contributed by atoms with Crippen LogP contribution in [0, 0.1) is 0 Å². The lowest BCUT2D eigenvalue weighted by Crippen LogP contribution is -2.08. The molecule has 4 aromatic carbocycles. The van der Waals surface area contributed by atoms with Crippen molar-refractivity contribution in [3.63, 3.8) is 0 Å². The first kappa shape index (κ1) is 28.4. The molecule has 0 saturated heterocycles. The molecule has 0 aliphatic carbocycles. The fraction of sp³-hybridized carbons (Fsp3) is 0.0606. The number of carbonyl (C=O) groups is 3. The quantitative estimate of drug-likeness (QED) is 0.0869. The highest BCUT2D eigenvalue weighted by Gasteiger charge is 2.10. The predicted molar refractivity (Wildman–Crippen MR) is 152 cm³/mol. The van der Waals surface area contributed by atoms with Crippen LogP contribution in [-0.4, -0.2) is 31.5 Å². The molecule has 0 radical (unpaired) electrons. The lowest BCUT2D eigenvalue weighted by molar-refractivity contribution is -0.145. The van der Waals surface area contributed by atoms with Crippen molar-refractivity contribution in [1.82, 2.24) is 0 Å². The highest BCUT2D eigenvalue weighted by molar-refractivity contribution is 5.91. The average Bonchev–Trinajstić information content (AvgIpc) is 3.02.